The molecule has 1 heterocycles. The standard InChI is InChI=1S/C16H13BrN2O4/c17-11-5-6-12(20)10(7-11)8-18-19-16(21)15-9-22-13-3-1-2-4-14(13)23-15/h1-8,15,20H,9H2,(H,19,21). The number of rotatable bonds is 3. The highest BCUT2D eigenvalue weighted by molar-refractivity contribution is 9.10. The van der Waals surface area contributed by atoms with Gasteiger partial charge in [-0.2, -0.15) is 5.10 Å². The molecule has 1 amide bonds. The first kappa shape index (κ1) is 15.4. The second-order valence-corrected chi connectivity index (χ2v) is 5.72. The summed E-state index contributed by atoms with van der Waals surface area (Å²) >= 11 is 3.30. The van der Waals surface area contributed by atoms with Gasteiger partial charge in [0.25, 0.3) is 5.91 Å². The lowest BCUT2D eigenvalue weighted by Gasteiger charge is -2.24. The average molecular weight is 377 g/mol. The van der Waals surface area contributed by atoms with Crippen molar-refractivity contribution in [1.82, 2.24) is 5.43 Å². The third-order valence-corrected chi connectivity index (χ3v) is 3.66. The van der Waals surface area contributed by atoms with Crippen molar-refractivity contribution < 1.29 is 19.4 Å². The molecule has 1 atom stereocenters. The zero-order chi connectivity index (χ0) is 16.2. The van der Waals surface area contributed by atoms with Gasteiger partial charge in [0.15, 0.2) is 11.5 Å². The summed E-state index contributed by atoms with van der Waals surface area (Å²) in [7, 11) is 0. The van der Waals surface area contributed by atoms with E-state index >= 15 is 0 Å². The number of ether oxygens (including phenoxy) is 2. The van der Waals surface area contributed by atoms with Crippen molar-refractivity contribution in [2.24, 2.45) is 5.10 Å². The van der Waals surface area contributed by atoms with Crippen molar-refractivity contribution in [1.29, 1.82) is 0 Å². The number of carbonyl (C=O) groups excluding carboxylic acids is 1. The number of amides is 1. The summed E-state index contributed by atoms with van der Waals surface area (Å²) in [6.45, 7) is 0.112. The first-order valence-electron chi connectivity index (χ1n) is 6.83. The van der Waals surface area contributed by atoms with Crippen LogP contribution in [0.1, 0.15) is 5.56 Å². The van der Waals surface area contributed by atoms with Crippen LogP contribution in [0.25, 0.3) is 0 Å². The van der Waals surface area contributed by atoms with Gasteiger partial charge in [-0.25, -0.2) is 5.43 Å². The van der Waals surface area contributed by atoms with Gasteiger partial charge in [-0.15, -0.1) is 0 Å². The molecule has 2 aromatic carbocycles. The molecule has 1 aliphatic rings. The van der Waals surface area contributed by atoms with E-state index in [2.05, 4.69) is 26.5 Å². The maximum atomic E-state index is 12.0. The SMILES string of the molecule is O=C(NN=Cc1cc(Br)ccc1O)C1COc2ccccc2O1. The maximum absolute atomic E-state index is 12.0. The smallest absolute Gasteiger partial charge is 0.284 e. The summed E-state index contributed by atoms with van der Waals surface area (Å²) in [5.74, 6) is 0.772. The summed E-state index contributed by atoms with van der Waals surface area (Å²) in [6, 6.07) is 12.1. The topological polar surface area (TPSA) is 80.2 Å². The van der Waals surface area contributed by atoms with Crippen molar-refractivity contribution in [2.75, 3.05) is 6.61 Å². The van der Waals surface area contributed by atoms with Gasteiger partial charge in [0.1, 0.15) is 12.4 Å². The predicted molar refractivity (Wildman–Crippen MR) is 87.9 cm³/mol. The van der Waals surface area contributed by atoms with E-state index in [0.29, 0.717) is 17.1 Å². The monoisotopic (exact) mass is 376 g/mol. The number of halogens is 1. The molecule has 0 radical (unpaired) electrons. The van der Waals surface area contributed by atoms with E-state index in [1.165, 1.54) is 12.3 Å². The van der Waals surface area contributed by atoms with Crippen LogP contribution in [-0.4, -0.2) is 29.9 Å². The number of hydrogen-bond acceptors (Lipinski definition) is 5. The van der Waals surface area contributed by atoms with E-state index in [9.17, 15) is 9.90 Å². The number of hydrazone groups is 1. The molecule has 0 fully saturated rings. The fraction of sp³-hybridized carbons (Fsp3) is 0.125. The summed E-state index contributed by atoms with van der Waals surface area (Å²) in [5.41, 5.74) is 2.86. The predicted octanol–water partition coefficient (Wildman–Crippen LogP) is 2.44. The second-order valence-electron chi connectivity index (χ2n) is 4.80. The summed E-state index contributed by atoms with van der Waals surface area (Å²) < 4.78 is 11.8. The number of aromatic hydroxyl groups is 1. The Kier molecular flexibility index (Phi) is 4.47. The van der Waals surface area contributed by atoms with Crippen molar-refractivity contribution >= 4 is 28.1 Å². The summed E-state index contributed by atoms with van der Waals surface area (Å²) in [5, 5.41) is 13.5. The van der Waals surface area contributed by atoms with Gasteiger partial charge in [-0.1, -0.05) is 28.1 Å². The largest absolute Gasteiger partial charge is 0.507 e. The molecule has 0 spiro atoms. The molecule has 2 N–H and O–H groups in total. The molecular weight excluding hydrogens is 364 g/mol. The first-order valence-corrected chi connectivity index (χ1v) is 7.63. The Balaban J connectivity index is 1.62. The number of nitrogens with zero attached hydrogens (tertiary/aromatic N) is 1. The number of para-hydroxylation sites is 2. The van der Waals surface area contributed by atoms with E-state index < -0.39 is 12.0 Å². The molecule has 1 unspecified atom stereocenters. The molecule has 0 saturated carbocycles. The molecule has 118 valence electrons. The van der Waals surface area contributed by atoms with Crippen molar-refractivity contribution in [2.45, 2.75) is 6.10 Å². The molecule has 6 nitrogen and oxygen atoms in total. The third-order valence-electron chi connectivity index (χ3n) is 3.17. The summed E-state index contributed by atoms with van der Waals surface area (Å²) in [4.78, 5) is 12.0. The van der Waals surface area contributed by atoms with E-state index in [0.717, 1.165) is 4.47 Å². The Morgan fingerprint density at radius 1 is 1.30 bits per heavy atom. The molecule has 1 aliphatic heterocycles. The van der Waals surface area contributed by atoms with Crippen LogP contribution in [0.5, 0.6) is 17.2 Å². The van der Waals surface area contributed by atoms with Crippen LogP contribution in [0, 0.1) is 0 Å². The number of benzene rings is 2. The minimum atomic E-state index is -0.779. The molecule has 3 rings (SSSR count). The molecule has 0 saturated heterocycles. The zero-order valence-corrected chi connectivity index (χ0v) is 13.5. The van der Waals surface area contributed by atoms with Gasteiger partial charge in [0.05, 0.1) is 6.21 Å². The van der Waals surface area contributed by atoms with E-state index in [-0.39, 0.29) is 12.4 Å². The zero-order valence-electron chi connectivity index (χ0n) is 11.9. The van der Waals surface area contributed by atoms with Crippen LogP contribution in [0.3, 0.4) is 0 Å². The first-order chi connectivity index (χ1) is 11.1. The minimum Gasteiger partial charge on any atom is -0.507 e. The minimum absolute atomic E-state index is 0.0670. The van der Waals surface area contributed by atoms with Crippen LogP contribution in [0.4, 0.5) is 0 Å². The number of phenols is 1. The van der Waals surface area contributed by atoms with E-state index in [4.69, 9.17) is 9.47 Å². The van der Waals surface area contributed by atoms with E-state index in [1.807, 2.05) is 6.07 Å². The number of phenolic OH excluding ortho intramolecular Hbond substituents is 1. The van der Waals surface area contributed by atoms with Gasteiger partial charge in [-0.3, -0.25) is 4.79 Å². The Bertz CT molecular complexity index is 763. The van der Waals surface area contributed by atoms with Crippen molar-refractivity contribution in [3.8, 4) is 17.2 Å². The molecule has 0 bridgehead atoms. The fourth-order valence-corrected chi connectivity index (χ4v) is 2.39. The highest BCUT2D eigenvalue weighted by Gasteiger charge is 2.26. The number of hydrogen-bond donors (Lipinski definition) is 2. The quantitative estimate of drug-likeness (QED) is 0.636. The van der Waals surface area contributed by atoms with Gasteiger partial charge < -0.3 is 14.6 Å². The Morgan fingerprint density at radius 2 is 2.09 bits per heavy atom. The second kappa shape index (κ2) is 6.70. The van der Waals surface area contributed by atoms with E-state index in [1.54, 1.807) is 30.3 Å². The normalized spacial score (nSPS) is 16.3. The highest BCUT2D eigenvalue weighted by Crippen LogP contribution is 2.30. The Morgan fingerprint density at radius 3 is 2.91 bits per heavy atom. The molecule has 7 heteroatoms. The van der Waals surface area contributed by atoms with Gasteiger partial charge >= 0.3 is 0 Å². The average Bonchev–Trinajstić information content (AvgIpc) is 2.57. The van der Waals surface area contributed by atoms with Gasteiger partial charge in [-0.05, 0) is 30.3 Å². The Labute approximate surface area is 140 Å². The van der Waals surface area contributed by atoms with Crippen LogP contribution in [0.2, 0.25) is 0 Å². The molecule has 2 aromatic rings. The van der Waals surface area contributed by atoms with Gasteiger partial charge in [0, 0.05) is 10.0 Å². The lowest BCUT2D eigenvalue weighted by Crippen LogP contribution is -2.42. The van der Waals surface area contributed by atoms with Crippen molar-refractivity contribution in [3.05, 3.63) is 52.5 Å². The fourth-order valence-electron chi connectivity index (χ4n) is 2.01. The Hall–Kier alpha value is -2.54. The number of fused-ring (bicyclic) bond motifs is 1. The lowest BCUT2D eigenvalue weighted by atomic mass is 10.2. The molecule has 0 aromatic heterocycles. The third kappa shape index (κ3) is 3.62. The molecule has 0 aliphatic carbocycles. The maximum Gasteiger partial charge on any atom is 0.284 e. The van der Waals surface area contributed by atoms with Gasteiger partial charge in [0.2, 0.25) is 6.10 Å². The van der Waals surface area contributed by atoms with Crippen LogP contribution >= 0.6 is 15.9 Å². The number of nitrogens with one attached hydrogen (secondary N) is 1. The molecular formula is C16H13BrN2O4. The lowest BCUT2D eigenvalue weighted by molar-refractivity contribution is -0.130. The van der Waals surface area contributed by atoms with Crippen LogP contribution < -0.4 is 14.9 Å². The van der Waals surface area contributed by atoms with Crippen molar-refractivity contribution in [3.63, 3.8) is 0 Å². The summed E-state index contributed by atoms with van der Waals surface area (Å²) in [6.07, 6.45) is 0.577. The highest BCUT2D eigenvalue weighted by atomic mass is 79.9. The van der Waals surface area contributed by atoms with Crippen LogP contribution in [-0.2, 0) is 4.79 Å². The van der Waals surface area contributed by atoms with Crippen LogP contribution in [0.15, 0.2) is 52.0 Å². The molecule has 23 heavy (non-hydrogen) atoms. The number of carbonyl (C=O) groups is 1.